The van der Waals surface area contributed by atoms with Gasteiger partial charge in [-0.15, -0.1) is 0 Å². The van der Waals surface area contributed by atoms with Crippen LogP contribution in [-0.4, -0.2) is 30.2 Å². The smallest absolute Gasteiger partial charge is 0.265 e. The van der Waals surface area contributed by atoms with Gasteiger partial charge in [-0.25, -0.2) is 13.4 Å². The van der Waals surface area contributed by atoms with Crippen molar-refractivity contribution in [3.8, 4) is 0 Å². The van der Waals surface area contributed by atoms with E-state index in [1.54, 1.807) is 38.0 Å². The maximum absolute atomic E-state index is 12.3. The van der Waals surface area contributed by atoms with E-state index in [0.29, 0.717) is 17.2 Å². The van der Waals surface area contributed by atoms with E-state index < -0.39 is 10.0 Å². The van der Waals surface area contributed by atoms with Crippen molar-refractivity contribution in [3.63, 3.8) is 0 Å². The van der Waals surface area contributed by atoms with Crippen LogP contribution in [0.4, 0.5) is 11.5 Å². The monoisotopic (exact) mass is 281 g/mol. The topological polar surface area (TPSA) is 88.9 Å². The molecule has 0 spiro atoms. The highest BCUT2D eigenvalue weighted by molar-refractivity contribution is 7.92. The molecule has 2 aromatic rings. The molecule has 0 bridgehead atoms. The maximum atomic E-state index is 12.3. The van der Waals surface area contributed by atoms with Crippen LogP contribution in [0.3, 0.4) is 0 Å². The molecule has 19 heavy (non-hydrogen) atoms. The maximum Gasteiger partial charge on any atom is 0.265 e. The number of aromatic nitrogens is 3. The number of rotatable bonds is 4. The number of nitrogens with zero attached hydrogens (tertiary/aromatic N) is 3. The quantitative estimate of drug-likeness (QED) is 0.871. The molecule has 0 aliphatic rings. The molecule has 0 amide bonds. The third-order valence-electron chi connectivity index (χ3n) is 2.55. The number of aryl methyl sites for hydroxylation is 2. The lowest BCUT2D eigenvalue weighted by Gasteiger charge is -2.10. The highest BCUT2D eigenvalue weighted by Crippen LogP contribution is 2.22. The Kier molecular flexibility index (Phi) is 3.43. The van der Waals surface area contributed by atoms with E-state index in [-0.39, 0.29) is 4.90 Å². The zero-order valence-electron chi connectivity index (χ0n) is 10.9. The Balaban J connectivity index is 2.40. The summed E-state index contributed by atoms with van der Waals surface area (Å²) >= 11 is 0. The summed E-state index contributed by atoms with van der Waals surface area (Å²) in [6.45, 7) is 1.74. The predicted octanol–water partition coefficient (Wildman–Crippen LogP) is 0.966. The first-order chi connectivity index (χ1) is 8.94. The van der Waals surface area contributed by atoms with Crippen LogP contribution in [-0.2, 0) is 17.1 Å². The third-order valence-corrected chi connectivity index (χ3v) is 3.95. The van der Waals surface area contributed by atoms with Crippen molar-refractivity contribution in [2.75, 3.05) is 17.1 Å². The molecule has 0 radical (unpaired) electrons. The van der Waals surface area contributed by atoms with E-state index in [1.807, 2.05) is 0 Å². The van der Waals surface area contributed by atoms with Crippen molar-refractivity contribution in [3.05, 3.63) is 30.2 Å². The highest BCUT2D eigenvalue weighted by atomic mass is 32.2. The summed E-state index contributed by atoms with van der Waals surface area (Å²) in [6, 6.07) is 3.07. The van der Waals surface area contributed by atoms with Crippen molar-refractivity contribution in [2.24, 2.45) is 7.05 Å². The predicted molar refractivity (Wildman–Crippen MR) is 72.5 cm³/mol. The first kappa shape index (κ1) is 13.3. The van der Waals surface area contributed by atoms with Gasteiger partial charge in [0.25, 0.3) is 10.0 Å². The molecular formula is C11H15N5O2S. The summed E-state index contributed by atoms with van der Waals surface area (Å²) in [5.41, 5.74) is 1.06. The number of sulfonamides is 1. The largest absolute Gasteiger partial charge is 0.372 e. The summed E-state index contributed by atoms with van der Waals surface area (Å²) in [5, 5.41) is 6.85. The van der Waals surface area contributed by atoms with Crippen molar-refractivity contribution in [2.45, 2.75) is 11.8 Å². The molecule has 7 nitrogen and oxygen atoms in total. The molecule has 0 aliphatic heterocycles. The normalized spacial score (nSPS) is 11.3. The van der Waals surface area contributed by atoms with E-state index >= 15 is 0 Å². The van der Waals surface area contributed by atoms with E-state index in [4.69, 9.17) is 0 Å². The first-order valence-corrected chi connectivity index (χ1v) is 7.08. The molecule has 0 fully saturated rings. The van der Waals surface area contributed by atoms with E-state index in [1.165, 1.54) is 12.3 Å². The minimum Gasteiger partial charge on any atom is -0.372 e. The van der Waals surface area contributed by atoms with Crippen molar-refractivity contribution < 1.29 is 8.42 Å². The highest BCUT2D eigenvalue weighted by Gasteiger charge is 2.20. The number of anilines is 2. The van der Waals surface area contributed by atoms with E-state index in [0.717, 1.165) is 0 Å². The lowest BCUT2D eigenvalue weighted by molar-refractivity contribution is 0.601. The second-order valence-electron chi connectivity index (χ2n) is 4.01. The van der Waals surface area contributed by atoms with Gasteiger partial charge < -0.3 is 5.32 Å². The fourth-order valence-corrected chi connectivity index (χ4v) is 2.96. The van der Waals surface area contributed by atoms with E-state index in [9.17, 15) is 8.42 Å². The molecule has 2 rings (SSSR count). The van der Waals surface area contributed by atoms with Crippen molar-refractivity contribution in [1.82, 2.24) is 14.8 Å². The molecular weight excluding hydrogens is 266 g/mol. The Labute approximate surface area is 111 Å². The summed E-state index contributed by atoms with van der Waals surface area (Å²) in [6.07, 6.45) is 3.14. The van der Waals surface area contributed by atoms with Gasteiger partial charge in [0.05, 0.1) is 11.4 Å². The van der Waals surface area contributed by atoms with Crippen molar-refractivity contribution >= 4 is 21.5 Å². The number of hydrogen-bond acceptors (Lipinski definition) is 5. The molecule has 0 aromatic carbocycles. The molecule has 2 heterocycles. The average molecular weight is 281 g/mol. The van der Waals surface area contributed by atoms with E-state index in [2.05, 4.69) is 20.1 Å². The molecule has 8 heteroatoms. The van der Waals surface area contributed by atoms with Crippen LogP contribution in [0.15, 0.2) is 29.4 Å². The minimum atomic E-state index is -3.69. The third kappa shape index (κ3) is 2.68. The second-order valence-corrected chi connectivity index (χ2v) is 5.66. The molecule has 2 N–H and O–H groups in total. The molecule has 102 valence electrons. The summed E-state index contributed by atoms with van der Waals surface area (Å²) in [7, 11) is -0.342. The molecule has 0 unspecified atom stereocenters. The Morgan fingerprint density at radius 1 is 1.37 bits per heavy atom. The summed E-state index contributed by atoms with van der Waals surface area (Å²) < 4.78 is 28.7. The Morgan fingerprint density at radius 3 is 2.68 bits per heavy atom. The van der Waals surface area contributed by atoms with Crippen molar-refractivity contribution in [1.29, 1.82) is 0 Å². The zero-order valence-corrected chi connectivity index (χ0v) is 11.7. The molecule has 0 saturated heterocycles. The fourth-order valence-electron chi connectivity index (χ4n) is 1.69. The number of hydrogen-bond donors (Lipinski definition) is 2. The van der Waals surface area contributed by atoms with Crippen LogP contribution in [0, 0.1) is 6.92 Å². The summed E-state index contributed by atoms with van der Waals surface area (Å²) in [5.74, 6) is 0.302. The van der Waals surface area contributed by atoms with Crippen LogP contribution >= 0.6 is 0 Å². The van der Waals surface area contributed by atoms with Crippen LogP contribution in [0.1, 0.15) is 5.69 Å². The average Bonchev–Trinajstić information content (AvgIpc) is 2.67. The molecule has 0 atom stereocenters. The van der Waals surface area contributed by atoms with Gasteiger partial charge in [0.15, 0.2) is 0 Å². The van der Waals surface area contributed by atoms with Gasteiger partial charge >= 0.3 is 0 Å². The fraction of sp³-hybridized carbons (Fsp3) is 0.273. The molecule has 0 saturated carbocycles. The van der Waals surface area contributed by atoms with Gasteiger partial charge in [-0.1, -0.05) is 0 Å². The van der Waals surface area contributed by atoms with Crippen LogP contribution in [0.2, 0.25) is 0 Å². The van der Waals surface area contributed by atoms with Gasteiger partial charge in [0.2, 0.25) is 0 Å². The standard InChI is InChI=1S/C11H15N5O2S/c1-8-9(7-16(3)14-8)15-19(17,18)10-5-4-6-13-11(10)12-2/h4-7,15H,1-3H3,(H,12,13). The minimum absolute atomic E-state index is 0.0979. The first-order valence-electron chi connectivity index (χ1n) is 5.60. The van der Waals surface area contributed by atoms with Crippen LogP contribution < -0.4 is 10.0 Å². The second kappa shape index (κ2) is 4.88. The number of pyridine rings is 1. The molecule has 0 aliphatic carbocycles. The van der Waals surface area contributed by atoms with Gasteiger partial charge in [-0.05, 0) is 19.1 Å². The van der Waals surface area contributed by atoms with Gasteiger partial charge in [0.1, 0.15) is 10.7 Å². The Morgan fingerprint density at radius 2 is 2.11 bits per heavy atom. The van der Waals surface area contributed by atoms with Gasteiger partial charge in [-0.2, -0.15) is 5.10 Å². The Hall–Kier alpha value is -2.09. The lowest BCUT2D eigenvalue weighted by atomic mass is 10.4. The summed E-state index contributed by atoms with van der Waals surface area (Å²) in [4.78, 5) is 4.08. The Bertz CT molecular complexity index is 693. The van der Waals surface area contributed by atoms with Crippen LogP contribution in [0.5, 0.6) is 0 Å². The molecule has 2 aromatic heterocycles. The van der Waals surface area contributed by atoms with Gasteiger partial charge in [-0.3, -0.25) is 9.40 Å². The number of nitrogens with one attached hydrogen (secondary N) is 2. The SMILES string of the molecule is CNc1ncccc1S(=O)(=O)Nc1cn(C)nc1C. The van der Waals surface area contributed by atoms with Gasteiger partial charge in [0, 0.05) is 26.5 Å². The zero-order chi connectivity index (χ0) is 14.0. The lowest BCUT2D eigenvalue weighted by Crippen LogP contribution is -2.15. The van der Waals surface area contributed by atoms with Crippen LogP contribution in [0.25, 0.3) is 0 Å².